The molecule has 9 heavy (non-hydrogen) atoms. The fourth-order valence-electron chi connectivity index (χ4n) is 0.510. The molecule has 1 aliphatic rings. The van der Waals surface area contributed by atoms with E-state index in [1.807, 2.05) is 0 Å². The maximum Gasteiger partial charge on any atom is 0.194 e. The van der Waals surface area contributed by atoms with Gasteiger partial charge in [0.15, 0.2) is 7.05 Å². The zero-order valence-corrected chi connectivity index (χ0v) is 6.32. The lowest BCUT2D eigenvalue weighted by atomic mass is 10.4. The summed E-state index contributed by atoms with van der Waals surface area (Å²) in [6, 6.07) is 0. The van der Waals surface area contributed by atoms with E-state index >= 15 is 0 Å². The van der Waals surface area contributed by atoms with Crippen LogP contribution in [-0.2, 0) is 0 Å². The third-order valence-corrected chi connectivity index (χ3v) is 1.98. The van der Waals surface area contributed by atoms with Crippen LogP contribution in [0.15, 0.2) is 0 Å². The normalized spacial score (nSPS) is 16.1. The van der Waals surface area contributed by atoms with Gasteiger partial charge in [0.25, 0.3) is 0 Å². The lowest BCUT2D eigenvalue weighted by Crippen LogP contribution is -1.79. The quantitative estimate of drug-likeness (QED) is 0.386. The highest BCUT2D eigenvalue weighted by atomic mass is 32.2. The summed E-state index contributed by atoms with van der Waals surface area (Å²) in [4.78, 5) is 8.31. The van der Waals surface area contributed by atoms with Crippen LogP contribution < -0.4 is 0 Å². The topological polar surface area (TPSA) is 43.1 Å². The van der Waals surface area contributed by atoms with Crippen molar-refractivity contribution in [1.29, 1.82) is 0 Å². The van der Waals surface area contributed by atoms with Gasteiger partial charge in [-0.1, -0.05) is 0 Å². The minimum atomic E-state index is -0.500. The lowest BCUT2D eigenvalue weighted by Gasteiger charge is -1.69. The maximum absolute atomic E-state index is 8.81. The minimum Gasteiger partial charge on any atom is -0.265 e. The standard InChI is InChI=1S/C4H8S.CH3NO2/c1-2-4-5-3-1;1-2(3)4/h1-4H2;1H3. The Kier molecular flexibility index (Phi) is 5.72. The molecule has 0 saturated carbocycles. The van der Waals surface area contributed by atoms with Crippen molar-refractivity contribution in [2.75, 3.05) is 18.6 Å². The average molecular weight is 149 g/mol. The van der Waals surface area contributed by atoms with Crippen LogP contribution in [0, 0.1) is 10.1 Å². The molecular weight excluding hydrogens is 138 g/mol. The summed E-state index contributed by atoms with van der Waals surface area (Å²) < 4.78 is 0. The second-order valence-corrected chi connectivity index (χ2v) is 2.98. The van der Waals surface area contributed by atoms with Gasteiger partial charge in [0.1, 0.15) is 0 Å². The molecule has 1 rings (SSSR count). The molecule has 0 bridgehead atoms. The summed E-state index contributed by atoms with van der Waals surface area (Å²) in [5.74, 6) is 2.83. The van der Waals surface area contributed by atoms with Gasteiger partial charge in [-0.2, -0.15) is 11.8 Å². The zero-order valence-electron chi connectivity index (χ0n) is 5.50. The van der Waals surface area contributed by atoms with Gasteiger partial charge < -0.3 is 0 Å². The molecule has 1 heterocycles. The van der Waals surface area contributed by atoms with E-state index in [9.17, 15) is 0 Å². The Morgan fingerprint density at radius 1 is 1.44 bits per heavy atom. The Morgan fingerprint density at radius 3 is 1.89 bits per heavy atom. The monoisotopic (exact) mass is 149 g/mol. The number of thioether (sulfide) groups is 1. The number of hydrogen-bond acceptors (Lipinski definition) is 3. The van der Waals surface area contributed by atoms with Gasteiger partial charge in [0, 0.05) is 4.92 Å². The van der Waals surface area contributed by atoms with Crippen LogP contribution >= 0.6 is 11.8 Å². The largest absolute Gasteiger partial charge is 0.265 e. The predicted molar refractivity (Wildman–Crippen MR) is 39.5 cm³/mol. The molecule has 0 N–H and O–H groups in total. The number of nitrogens with zero attached hydrogens (tertiary/aromatic N) is 1. The molecule has 0 aromatic heterocycles. The van der Waals surface area contributed by atoms with Gasteiger partial charge in [-0.25, -0.2) is 0 Å². The van der Waals surface area contributed by atoms with E-state index in [0.29, 0.717) is 0 Å². The van der Waals surface area contributed by atoms with E-state index in [1.54, 1.807) is 0 Å². The first-order chi connectivity index (χ1) is 4.23. The Morgan fingerprint density at radius 2 is 1.78 bits per heavy atom. The molecule has 1 saturated heterocycles. The highest BCUT2D eigenvalue weighted by Crippen LogP contribution is 2.14. The van der Waals surface area contributed by atoms with Crippen LogP contribution in [0.25, 0.3) is 0 Å². The number of hydrogen-bond donors (Lipinski definition) is 0. The molecule has 0 atom stereocenters. The van der Waals surface area contributed by atoms with Crippen molar-refractivity contribution in [1.82, 2.24) is 0 Å². The van der Waals surface area contributed by atoms with Crippen molar-refractivity contribution in [2.45, 2.75) is 12.8 Å². The third-order valence-electron chi connectivity index (χ3n) is 0.827. The first kappa shape index (κ1) is 8.75. The highest BCUT2D eigenvalue weighted by Gasteiger charge is 1.95. The summed E-state index contributed by atoms with van der Waals surface area (Å²) in [6.45, 7) is 0. The first-order valence-corrected chi connectivity index (χ1v) is 4.04. The fourth-order valence-corrected chi connectivity index (χ4v) is 1.53. The van der Waals surface area contributed by atoms with Crippen molar-refractivity contribution in [2.24, 2.45) is 0 Å². The van der Waals surface area contributed by atoms with E-state index in [1.165, 1.54) is 24.3 Å². The highest BCUT2D eigenvalue weighted by molar-refractivity contribution is 7.99. The van der Waals surface area contributed by atoms with Gasteiger partial charge in [-0.05, 0) is 24.3 Å². The molecule has 0 aromatic carbocycles. The van der Waals surface area contributed by atoms with E-state index in [-0.39, 0.29) is 0 Å². The maximum atomic E-state index is 8.81. The van der Waals surface area contributed by atoms with Gasteiger partial charge in [0.05, 0.1) is 0 Å². The molecule has 0 unspecified atom stereocenters. The molecule has 1 fully saturated rings. The van der Waals surface area contributed by atoms with Gasteiger partial charge >= 0.3 is 0 Å². The van der Waals surface area contributed by atoms with Gasteiger partial charge in [0.2, 0.25) is 0 Å². The Labute approximate surface area is 59.0 Å². The molecule has 4 heteroatoms. The molecule has 0 amide bonds. The van der Waals surface area contributed by atoms with Gasteiger partial charge in [-0.3, -0.25) is 10.1 Å². The molecule has 1 aliphatic heterocycles. The van der Waals surface area contributed by atoms with Crippen molar-refractivity contribution < 1.29 is 4.92 Å². The van der Waals surface area contributed by atoms with Crippen LogP contribution in [0.4, 0.5) is 0 Å². The summed E-state index contributed by atoms with van der Waals surface area (Å²) in [7, 11) is 0.889. The molecule has 54 valence electrons. The second kappa shape index (κ2) is 5.88. The van der Waals surface area contributed by atoms with Gasteiger partial charge in [-0.15, -0.1) is 0 Å². The smallest absolute Gasteiger partial charge is 0.194 e. The molecule has 0 radical (unpaired) electrons. The second-order valence-electron chi connectivity index (χ2n) is 1.76. The predicted octanol–water partition coefficient (Wildman–Crippen LogP) is 1.41. The van der Waals surface area contributed by atoms with E-state index in [2.05, 4.69) is 11.8 Å². The van der Waals surface area contributed by atoms with Crippen molar-refractivity contribution >= 4 is 11.8 Å². The molecule has 0 aliphatic carbocycles. The summed E-state index contributed by atoms with van der Waals surface area (Å²) >= 11 is 2.07. The first-order valence-electron chi connectivity index (χ1n) is 2.89. The van der Waals surface area contributed by atoms with Crippen LogP contribution in [0.3, 0.4) is 0 Å². The summed E-state index contributed by atoms with van der Waals surface area (Å²) in [5, 5.41) is 8.81. The Balaban J connectivity index is 0.000000148. The van der Waals surface area contributed by atoms with Crippen LogP contribution in [0.5, 0.6) is 0 Å². The lowest BCUT2D eigenvalue weighted by molar-refractivity contribution is -0.445. The molecule has 3 nitrogen and oxygen atoms in total. The van der Waals surface area contributed by atoms with E-state index in [4.69, 9.17) is 10.1 Å². The van der Waals surface area contributed by atoms with Crippen molar-refractivity contribution in [3.63, 3.8) is 0 Å². The fraction of sp³-hybridized carbons (Fsp3) is 1.00. The number of nitro groups is 1. The Bertz CT molecular complexity index is 71.4. The third kappa shape index (κ3) is 11.4. The van der Waals surface area contributed by atoms with E-state index in [0.717, 1.165) is 7.05 Å². The van der Waals surface area contributed by atoms with Crippen molar-refractivity contribution in [3.8, 4) is 0 Å². The Hall–Kier alpha value is -0.250. The van der Waals surface area contributed by atoms with Crippen LogP contribution in [-0.4, -0.2) is 23.5 Å². The zero-order chi connectivity index (χ0) is 7.11. The van der Waals surface area contributed by atoms with E-state index < -0.39 is 4.92 Å². The number of rotatable bonds is 0. The summed E-state index contributed by atoms with van der Waals surface area (Å²) in [5.41, 5.74) is 0. The molecule has 0 aromatic rings. The molecule has 0 spiro atoms. The van der Waals surface area contributed by atoms with Crippen LogP contribution in [0.1, 0.15) is 12.8 Å². The average Bonchev–Trinajstić information content (AvgIpc) is 2.11. The van der Waals surface area contributed by atoms with Crippen LogP contribution in [0.2, 0.25) is 0 Å². The minimum absolute atomic E-state index is 0.500. The summed E-state index contributed by atoms with van der Waals surface area (Å²) in [6.07, 6.45) is 2.93. The SMILES string of the molecule is C1CCSC1.C[N+](=O)[O-]. The van der Waals surface area contributed by atoms with Crippen molar-refractivity contribution in [3.05, 3.63) is 10.1 Å². The molecular formula is C5H11NO2S.